The maximum atomic E-state index is 12.5. The normalized spacial score (nSPS) is 19.9. The van der Waals surface area contributed by atoms with Gasteiger partial charge in [0.15, 0.2) is 5.69 Å². The Morgan fingerprint density at radius 3 is 2.70 bits per heavy atom. The zero-order chi connectivity index (χ0) is 19.6. The smallest absolute Gasteiger partial charge is 0.273 e. The molecule has 2 aromatic rings. The average Bonchev–Trinajstić information content (AvgIpc) is 3.19. The maximum absolute atomic E-state index is 12.5. The number of hydrogen-bond acceptors (Lipinski definition) is 6. The fourth-order valence-electron chi connectivity index (χ4n) is 3.30. The Morgan fingerprint density at radius 1 is 1.33 bits per heavy atom. The molecule has 1 aliphatic heterocycles. The second-order valence-electron chi connectivity index (χ2n) is 7.00. The molecule has 2 atom stereocenters. The highest BCUT2D eigenvalue weighted by Gasteiger charge is 2.31. The molecule has 0 saturated carbocycles. The molecule has 1 aliphatic rings. The van der Waals surface area contributed by atoms with E-state index in [9.17, 15) is 14.7 Å². The van der Waals surface area contributed by atoms with E-state index < -0.39 is 12.1 Å². The number of aliphatic hydroxyl groups excluding tert-OH is 1. The van der Waals surface area contributed by atoms with Gasteiger partial charge >= 0.3 is 0 Å². The van der Waals surface area contributed by atoms with Crippen LogP contribution in [0.3, 0.4) is 0 Å². The van der Waals surface area contributed by atoms with E-state index in [2.05, 4.69) is 15.6 Å². The lowest BCUT2D eigenvalue weighted by atomic mass is 10.0. The Hall–Kier alpha value is -2.68. The molecule has 9 nitrogen and oxygen atoms in total. The number of likely N-dealkylation sites (tertiary alicyclic amines) is 1. The summed E-state index contributed by atoms with van der Waals surface area (Å²) in [6.45, 7) is 6.76. The molecule has 146 valence electrons. The zero-order valence-electron chi connectivity index (χ0n) is 15.8. The molecule has 3 heterocycles. The van der Waals surface area contributed by atoms with Gasteiger partial charge in [-0.2, -0.15) is 5.10 Å². The van der Waals surface area contributed by atoms with Crippen molar-refractivity contribution in [3.8, 4) is 0 Å². The van der Waals surface area contributed by atoms with Gasteiger partial charge < -0.3 is 19.8 Å². The lowest BCUT2D eigenvalue weighted by molar-refractivity contribution is -0.135. The Kier molecular flexibility index (Phi) is 5.59. The molecule has 0 bridgehead atoms. The van der Waals surface area contributed by atoms with Gasteiger partial charge in [-0.1, -0.05) is 5.16 Å². The second kappa shape index (κ2) is 7.91. The van der Waals surface area contributed by atoms with Gasteiger partial charge in [0.05, 0.1) is 17.8 Å². The predicted molar refractivity (Wildman–Crippen MR) is 96.0 cm³/mol. The molecule has 2 N–H and O–H groups in total. The van der Waals surface area contributed by atoms with Crippen LogP contribution in [-0.2, 0) is 11.3 Å². The first kappa shape index (κ1) is 19.1. The third-order valence-electron chi connectivity index (χ3n) is 4.75. The van der Waals surface area contributed by atoms with E-state index in [1.807, 2.05) is 24.6 Å². The van der Waals surface area contributed by atoms with Crippen molar-refractivity contribution in [1.82, 2.24) is 25.2 Å². The van der Waals surface area contributed by atoms with E-state index in [-0.39, 0.29) is 24.1 Å². The summed E-state index contributed by atoms with van der Waals surface area (Å²) in [6.07, 6.45) is -0.0207. The first-order chi connectivity index (χ1) is 12.8. The number of amides is 2. The Morgan fingerprint density at radius 2 is 2.11 bits per heavy atom. The van der Waals surface area contributed by atoms with Crippen molar-refractivity contribution in [3.63, 3.8) is 0 Å². The largest absolute Gasteiger partial charge is 0.389 e. The van der Waals surface area contributed by atoms with Crippen molar-refractivity contribution in [1.29, 1.82) is 0 Å². The van der Waals surface area contributed by atoms with Crippen molar-refractivity contribution in [2.75, 3.05) is 13.1 Å². The molecule has 0 unspecified atom stereocenters. The number of aromatic nitrogens is 3. The summed E-state index contributed by atoms with van der Waals surface area (Å²) >= 11 is 0. The van der Waals surface area contributed by atoms with Gasteiger partial charge in [-0.15, -0.1) is 0 Å². The number of piperidine rings is 1. The van der Waals surface area contributed by atoms with Gasteiger partial charge in [-0.25, -0.2) is 0 Å². The number of aryl methyl sites for hydroxylation is 4. The molecule has 2 amide bonds. The zero-order valence-corrected chi connectivity index (χ0v) is 15.8. The highest BCUT2D eigenvalue weighted by molar-refractivity contribution is 5.92. The van der Waals surface area contributed by atoms with E-state index in [1.165, 1.54) is 0 Å². The first-order valence-electron chi connectivity index (χ1n) is 9.04. The molecule has 1 saturated heterocycles. The van der Waals surface area contributed by atoms with Crippen LogP contribution in [0.15, 0.2) is 16.7 Å². The van der Waals surface area contributed by atoms with Crippen LogP contribution in [0, 0.1) is 20.8 Å². The van der Waals surface area contributed by atoms with Crippen LogP contribution in [0.1, 0.15) is 40.5 Å². The number of nitrogens with zero attached hydrogens (tertiary/aromatic N) is 4. The van der Waals surface area contributed by atoms with Crippen LogP contribution in [0.5, 0.6) is 0 Å². The molecule has 0 aliphatic carbocycles. The Balaban J connectivity index is 1.49. The van der Waals surface area contributed by atoms with Gasteiger partial charge in [0, 0.05) is 37.8 Å². The minimum absolute atomic E-state index is 0.0292. The lowest BCUT2D eigenvalue weighted by Crippen LogP contribution is -2.55. The topological polar surface area (TPSA) is 113 Å². The van der Waals surface area contributed by atoms with Crippen LogP contribution in [0.2, 0.25) is 0 Å². The minimum Gasteiger partial charge on any atom is -0.389 e. The second-order valence-corrected chi connectivity index (χ2v) is 7.00. The van der Waals surface area contributed by atoms with E-state index in [0.717, 1.165) is 11.4 Å². The van der Waals surface area contributed by atoms with Gasteiger partial charge in [0.1, 0.15) is 5.76 Å². The fourth-order valence-corrected chi connectivity index (χ4v) is 3.30. The third-order valence-corrected chi connectivity index (χ3v) is 4.75. The number of rotatable bonds is 5. The van der Waals surface area contributed by atoms with E-state index in [1.54, 1.807) is 17.9 Å². The SMILES string of the molecule is Cc1cc(C)n(CCC(=O)N2CC[C@@H](NC(=O)c3cc(C)on3)[C@H](O)C2)n1. The molecule has 3 rings (SSSR count). The van der Waals surface area contributed by atoms with Crippen molar-refractivity contribution < 1.29 is 19.2 Å². The number of hydrogen-bond donors (Lipinski definition) is 2. The molecular formula is C18H25N5O4. The van der Waals surface area contributed by atoms with Crippen LogP contribution in [-0.4, -0.2) is 62.0 Å². The Bertz CT molecular complexity index is 828. The standard InChI is InChI=1S/C18H25N5O4/c1-11-8-12(2)23(20-11)7-5-17(25)22-6-4-14(16(24)10-22)19-18(26)15-9-13(3)27-21-15/h8-9,14,16,24H,4-7,10H2,1-3H3,(H,19,26)/t14-,16-/m1/s1. The van der Waals surface area contributed by atoms with E-state index in [4.69, 9.17) is 4.52 Å². The molecule has 1 fully saturated rings. The monoisotopic (exact) mass is 375 g/mol. The molecule has 2 aromatic heterocycles. The number of β-amino-alcohol motifs (C(OH)–C–C–N with tert-alkyl or cyclic N) is 1. The Labute approximate surface area is 157 Å². The molecule has 9 heteroatoms. The highest BCUT2D eigenvalue weighted by atomic mass is 16.5. The summed E-state index contributed by atoms with van der Waals surface area (Å²) in [5, 5.41) is 21.1. The summed E-state index contributed by atoms with van der Waals surface area (Å²) in [7, 11) is 0. The van der Waals surface area contributed by atoms with Crippen LogP contribution in [0.25, 0.3) is 0 Å². The number of carbonyl (C=O) groups excluding carboxylic acids is 2. The van der Waals surface area contributed by atoms with Crippen molar-refractivity contribution in [2.45, 2.75) is 52.3 Å². The summed E-state index contributed by atoms with van der Waals surface area (Å²) in [4.78, 5) is 26.2. The fraction of sp³-hybridized carbons (Fsp3) is 0.556. The minimum atomic E-state index is -0.826. The van der Waals surface area contributed by atoms with Crippen LogP contribution >= 0.6 is 0 Å². The average molecular weight is 375 g/mol. The predicted octanol–water partition coefficient (Wildman–Crippen LogP) is 0.578. The van der Waals surface area contributed by atoms with E-state index in [0.29, 0.717) is 31.7 Å². The molecular weight excluding hydrogens is 350 g/mol. The molecule has 0 spiro atoms. The van der Waals surface area contributed by atoms with Crippen molar-refractivity contribution in [3.05, 3.63) is 35.0 Å². The molecule has 27 heavy (non-hydrogen) atoms. The van der Waals surface area contributed by atoms with Crippen LogP contribution < -0.4 is 5.32 Å². The first-order valence-corrected chi connectivity index (χ1v) is 9.04. The number of aliphatic hydroxyl groups is 1. The summed E-state index contributed by atoms with van der Waals surface area (Å²) in [5.74, 6) is 0.127. The third kappa shape index (κ3) is 4.54. The summed E-state index contributed by atoms with van der Waals surface area (Å²) in [6, 6.07) is 3.09. The molecule has 0 radical (unpaired) electrons. The van der Waals surface area contributed by atoms with Gasteiger partial charge in [0.25, 0.3) is 5.91 Å². The summed E-state index contributed by atoms with van der Waals surface area (Å²) < 4.78 is 6.71. The van der Waals surface area contributed by atoms with Gasteiger partial charge in [-0.3, -0.25) is 14.3 Å². The van der Waals surface area contributed by atoms with Crippen molar-refractivity contribution in [2.24, 2.45) is 0 Å². The highest BCUT2D eigenvalue weighted by Crippen LogP contribution is 2.14. The maximum Gasteiger partial charge on any atom is 0.273 e. The number of nitrogens with one attached hydrogen (secondary N) is 1. The van der Waals surface area contributed by atoms with Crippen molar-refractivity contribution >= 4 is 11.8 Å². The van der Waals surface area contributed by atoms with E-state index >= 15 is 0 Å². The van der Waals surface area contributed by atoms with Crippen LogP contribution in [0.4, 0.5) is 0 Å². The quantitative estimate of drug-likeness (QED) is 0.790. The van der Waals surface area contributed by atoms with Gasteiger partial charge in [0.2, 0.25) is 5.91 Å². The number of carbonyl (C=O) groups is 2. The molecule has 0 aromatic carbocycles. The lowest BCUT2D eigenvalue weighted by Gasteiger charge is -2.36. The van der Waals surface area contributed by atoms with Gasteiger partial charge in [-0.05, 0) is 33.3 Å². The summed E-state index contributed by atoms with van der Waals surface area (Å²) in [5.41, 5.74) is 2.13.